The van der Waals surface area contributed by atoms with Gasteiger partial charge in [0.05, 0.1) is 30.9 Å². The summed E-state index contributed by atoms with van der Waals surface area (Å²) in [5.74, 6) is -0.117. The summed E-state index contributed by atoms with van der Waals surface area (Å²) in [4.78, 5) is 14.3. The van der Waals surface area contributed by atoms with E-state index < -0.39 is 0 Å². The highest BCUT2D eigenvalue weighted by Crippen LogP contribution is 2.61. The van der Waals surface area contributed by atoms with Crippen molar-refractivity contribution in [1.82, 2.24) is 0 Å². The van der Waals surface area contributed by atoms with Crippen LogP contribution in [0.15, 0.2) is 83.5 Å². The van der Waals surface area contributed by atoms with Crippen LogP contribution in [0.5, 0.6) is 0 Å². The molecule has 3 aliphatic rings. The number of fused-ring (bicyclic) bond motifs is 6. The highest BCUT2D eigenvalue weighted by molar-refractivity contribution is 6.22. The molecule has 42 heavy (non-hydrogen) atoms. The Morgan fingerprint density at radius 2 is 1.05 bits per heavy atom. The summed E-state index contributed by atoms with van der Waals surface area (Å²) in [5, 5.41) is 20.2. The Bertz CT molecular complexity index is 2040. The van der Waals surface area contributed by atoms with Gasteiger partial charge in [0.2, 0.25) is 0 Å². The second-order valence-corrected chi connectivity index (χ2v) is 9.38. The summed E-state index contributed by atoms with van der Waals surface area (Å²) in [6, 6.07) is 4.11. The van der Waals surface area contributed by atoms with E-state index in [-0.39, 0.29) is 17.2 Å². The summed E-state index contributed by atoms with van der Waals surface area (Å²) in [7, 11) is 0. The molecule has 0 spiro atoms. The molecular weight excluding hydrogens is 516 g/mol. The summed E-state index contributed by atoms with van der Waals surface area (Å²) in [6.45, 7) is 47.0. The van der Waals surface area contributed by atoms with E-state index in [1.54, 1.807) is 12.2 Å². The predicted molar refractivity (Wildman–Crippen MR) is 167 cm³/mol. The molecule has 0 radical (unpaired) electrons. The van der Waals surface area contributed by atoms with E-state index in [9.17, 15) is 10.5 Å². The lowest BCUT2D eigenvalue weighted by Gasteiger charge is -2.21. The largest absolute Gasteiger partial charge is 0.527 e. The monoisotopic (exact) mass is 538 g/mol. The van der Waals surface area contributed by atoms with E-state index in [1.165, 1.54) is 0 Å². The first-order valence-corrected chi connectivity index (χ1v) is 12.8. The summed E-state index contributed by atoms with van der Waals surface area (Å²) in [6.07, 6.45) is 10.7. The molecule has 0 atom stereocenters. The molecule has 1 aromatic rings. The van der Waals surface area contributed by atoms with Gasteiger partial charge in [0.1, 0.15) is 13.1 Å². The van der Waals surface area contributed by atoms with Crippen LogP contribution in [0.1, 0.15) is 61.1 Å². The number of nitrogens with zero attached hydrogens (tertiary/aromatic N) is 6. The summed E-state index contributed by atoms with van der Waals surface area (Å²) < 4.78 is 0. The average Bonchev–Trinajstić information content (AvgIpc) is 3.57. The molecule has 0 N–H and O–H groups in total. The van der Waals surface area contributed by atoms with E-state index in [0.717, 1.165) is 11.1 Å². The number of nitriles is 2. The van der Waals surface area contributed by atoms with Gasteiger partial charge in [0.15, 0.2) is 0 Å². The second-order valence-electron chi connectivity index (χ2n) is 9.38. The molecule has 0 saturated carbocycles. The standard InChI is InChI=1S/C36H22N6/c1-11-15-23-19(5)27-33-28(36(41-9)42-10)20(6)24(16-12-2)32(33)35-29(25(17-37)39-7)21(13-3)22(14-4)31(35)34(27)30(23)26(18-38)40-8/h11-16H,3-4H2,1-2,5-6H3/b15-11-,16-12-,29-25-,30-26?. The quantitative estimate of drug-likeness (QED) is 0.283. The molecule has 6 nitrogen and oxygen atoms in total. The molecule has 0 saturated heterocycles. The van der Waals surface area contributed by atoms with Crippen LogP contribution < -0.4 is 0 Å². The lowest BCUT2D eigenvalue weighted by Crippen LogP contribution is -2.04. The topological polar surface area (TPSA) is 65.0 Å². The Balaban J connectivity index is 2.58. The summed E-state index contributed by atoms with van der Waals surface area (Å²) >= 11 is 0. The van der Waals surface area contributed by atoms with Crippen LogP contribution in [0.3, 0.4) is 0 Å². The zero-order valence-electron chi connectivity index (χ0n) is 23.6. The van der Waals surface area contributed by atoms with Crippen LogP contribution >= 0.6 is 0 Å². The molecule has 3 aliphatic carbocycles. The Morgan fingerprint density at radius 1 is 0.595 bits per heavy atom. The minimum absolute atomic E-state index is 0.117. The zero-order chi connectivity index (χ0) is 30.9. The van der Waals surface area contributed by atoms with Crippen LogP contribution in [-0.2, 0) is 0 Å². The van der Waals surface area contributed by atoms with Gasteiger partial charge < -0.3 is 0 Å². The maximum atomic E-state index is 10.1. The van der Waals surface area contributed by atoms with Crippen LogP contribution in [0.4, 0.5) is 0 Å². The normalized spacial score (nSPS) is 17.1. The van der Waals surface area contributed by atoms with Crippen molar-refractivity contribution in [2.45, 2.75) is 27.7 Å². The van der Waals surface area contributed by atoms with Gasteiger partial charge >= 0.3 is 5.82 Å². The first-order chi connectivity index (χ1) is 20.3. The number of hydrogen-bond acceptors (Lipinski definition) is 2. The van der Waals surface area contributed by atoms with E-state index in [0.29, 0.717) is 72.4 Å². The van der Waals surface area contributed by atoms with Gasteiger partial charge in [0.25, 0.3) is 11.4 Å². The average molecular weight is 539 g/mol. The molecule has 0 amide bonds. The lowest BCUT2D eigenvalue weighted by atomic mass is 9.81. The molecule has 0 bridgehead atoms. The van der Waals surface area contributed by atoms with E-state index in [4.69, 9.17) is 26.3 Å². The molecule has 4 rings (SSSR count). The fraction of sp³-hybridized carbons (Fsp3) is 0.111. The van der Waals surface area contributed by atoms with Crippen molar-refractivity contribution in [3.05, 3.63) is 163 Å². The second kappa shape index (κ2) is 11.0. The Morgan fingerprint density at radius 3 is 1.50 bits per heavy atom. The third kappa shape index (κ3) is 3.59. The van der Waals surface area contributed by atoms with Crippen molar-refractivity contribution in [3.63, 3.8) is 0 Å². The molecule has 196 valence electrons. The number of hydrogen-bond donors (Lipinski definition) is 0. The SMILES string of the molecule is [C-]#[N+]C(C#N)=C1C(/C=C\C)=C(C)c2c1c1c(c3c2C(=C([N+]#[C-])[N+]#[C-])C(C)=C3/C=C\C)/C(=C(/C#N)[N+]#[C-])C(C=C)=C1C=C. The Hall–Kier alpha value is -6.44. The van der Waals surface area contributed by atoms with Crippen LogP contribution in [0, 0.1) is 49.0 Å². The van der Waals surface area contributed by atoms with Crippen molar-refractivity contribution >= 4 is 33.4 Å². The van der Waals surface area contributed by atoms with Gasteiger partial charge in [-0.3, -0.25) is 0 Å². The van der Waals surface area contributed by atoms with E-state index in [1.807, 2.05) is 58.1 Å². The Labute approximate surface area is 246 Å². The Kier molecular flexibility index (Phi) is 7.46. The fourth-order valence-corrected chi connectivity index (χ4v) is 6.14. The van der Waals surface area contributed by atoms with Gasteiger partial charge in [-0.05, 0) is 94.5 Å². The predicted octanol–water partition coefficient (Wildman–Crippen LogP) is 9.37. The molecular formula is C36H22N6. The molecule has 0 fully saturated rings. The highest BCUT2D eigenvalue weighted by atomic mass is 14.9. The van der Waals surface area contributed by atoms with E-state index >= 15 is 0 Å². The van der Waals surface area contributed by atoms with E-state index in [2.05, 4.69) is 38.6 Å². The highest BCUT2D eigenvalue weighted by Gasteiger charge is 2.44. The van der Waals surface area contributed by atoms with Gasteiger partial charge in [0, 0.05) is 11.1 Å². The minimum atomic E-state index is -0.150. The molecule has 1 aromatic carbocycles. The molecule has 0 unspecified atom stereocenters. The van der Waals surface area contributed by atoms with Crippen molar-refractivity contribution in [2.24, 2.45) is 0 Å². The number of rotatable bonds is 4. The zero-order valence-corrected chi connectivity index (χ0v) is 23.6. The fourth-order valence-electron chi connectivity index (χ4n) is 6.14. The number of benzene rings is 1. The first kappa shape index (κ1) is 28.6. The molecule has 0 aliphatic heterocycles. The van der Waals surface area contributed by atoms with Crippen LogP contribution in [-0.4, -0.2) is 0 Å². The third-order valence-corrected chi connectivity index (χ3v) is 7.59. The van der Waals surface area contributed by atoms with Crippen LogP contribution in [0.25, 0.3) is 52.8 Å². The third-order valence-electron chi connectivity index (χ3n) is 7.59. The molecule has 0 heterocycles. The number of allylic oxidation sites excluding steroid dienone is 17. The van der Waals surface area contributed by atoms with Gasteiger partial charge in [-0.25, -0.2) is 20.2 Å². The van der Waals surface area contributed by atoms with Crippen molar-refractivity contribution < 1.29 is 0 Å². The first-order valence-electron chi connectivity index (χ1n) is 12.8. The maximum absolute atomic E-state index is 10.1. The van der Waals surface area contributed by atoms with Crippen molar-refractivity contribution in [1.29, 1.82) is 10.5 Å². The lowest BCUT2D eigenvalue weighted by molar-refractivity contribution is 1.42. The molecule has 0 aromatic heterocycles. The summed E-state index contributed by atoms with van der Waals surface area (Å²) in [5.41, 5.74) is 8.81. The van der Waals surface area contributed by atoms with Crippen molar-refractivity contribution in [2.75, 3.05) is 0 Å². The molecule has 6 heteroatoms. The maximum Gasteiger partial charge on any atom is 0.527 e. The minimum Gasteiger partial charge on any atom is -0.226 e. The van der Waals surface area contributed by atoms with Crippen LogP contribution in [0.2, 0.25) is 0 Å². The van der Waals surface area contributed by atoms with Gasteiger partial charge in [-0.1, -0.05) is 49.6 Å². The van der Waals surface area contributed by atoms with Gasteiger partial charge in [-0.2, -0.15) is 9.69 Å². The van der Waals surface area contributed by atoms with Crippen molar-refractivity contribution in [3.8, 4) is 12.1 Å². The smallest absolute Gasteiger partial charge is 0.226 e. The van der Waals surface area contributed by atoms with Gasteiger partial charge in [-0.15, -0.1) is 0 Å².